The quantitative estimate of drug-likeness (QED) is 0.590. The van der Waals surface area contributed by atoms with Gasteiger partial charge >= 0.3 is 0 Å². The Morgan fingerprint density at radius 3 is 3.25 bits per heavy atom. The Hall–Kier alpha value is -1.95. The number of carbonyl (C=O) groups excluding carboxylic acids is 1. The summed E-state index contributed by atoms with van der Waals surface area (Å²) in [4.78, 5) is 11.7. The molecule has 1 amide bonds. The maximum absolute atomic E-state index is 11.7. The summed E-state index contributed by atoms with van der Waals surface area (Å²) in [7, 11) is 0. The lowest BCUT2D eigenvalue weighted by molar-refractivity contribution is 0.0954. The molecule has 1 aliphatic heterocycles. The normalized spacial score (nSPS) is 12.4. The van der Waals surface area contributed by atoms with Crippen LogP contribution in [0.1, 0.15) is 22.3 Å². The largest absolute Gasteiger partial charge is 0.384 e. The van der Waals surface area contributed by atoms with E-state index in [0.29, 0.717) is 18.5 Å². The van der Waals surface area contributed by atoms with Crippen LogP contribution in [0.4, 0.5) is 5.69 Å². The Morgan fingerprint density at radius 2 is 2.44 bits per heavy atom. The second-order valence-electron chi connectivity index (χ2n) is 3.76. The number of benzene rings is 1. The fourth-order valence-electron chi connectivity index (χ4n) is 1.80. The van der Waals surface area contributed by atoms with Gasteiger partial charge < -0.3 is 10.6 Å². The summed E-state index contributed by atoms with van der Waals surface area (Å²) in [5, 5.41) is 6.05. The first-order chi connectivity index (χ1) is 7.81. The van der Waals surface area contributed by atoms with E-state index in [9.17, 15) is 4.79 Å². The minimum Gasteiger partial charge on any atom is -0.384 e. The lowest BCUT2D eigenvalue weighted by Gasteiger charge is -2.05. The van der Waals surface area contributed by atoms with E-state index in [1.165, 1.54) is 5.56 Å². The summed E-state index contributed by atoms with van der Waals surface area (Å²) in [5.41, 5.74) is 3.06. The van der Waals surface area contributed by atoms with Gasteiger partial charge in [0.2, 0.25) is 0 Å². The molecule has 3 nitrogen and oxygen atoms in total. The van der Waals surface area contributed by atoms with Crippen LogP contribution in [0.25, 0.3) is 0 Å². The van der Waals surface area contributed by atoms with E-state index in [4.69, 9.17) is 6.42 Å². The molecular weight excluding hydrogens is 200 g/mol. The average Bonchev–Trinajstić information content (AvgIpc) is 2.76. The molecule has 0 aliphatic carbocycles. The molecular formula is C13H14N2O. The zero-order valence-electron chi connectivity index (χ0n) is 9.05. The number of anilines is 1. The summed E-state index contributed by atoms with van der Waals surface area (Å²) < 4.78 is 0. The second-order valence-corrected chi connectivity index (χ2v) is 3.76. The van der Waals surface area contributed by atoms with E-state index in [-0.39, 0.29) is 5.91 Å². The fraction of sp³-hybridized carbons (Fsp3) is 0.308. The van der Waals surface area contributed by atoms with E-state index < -0.39 is 0 Å². The van der Waals surface area contributed by atoms with Gasteiger partial charge in [0, 0.05) is 30.8 Å². The Labute approximate surface area is 95.2 Å². The summed E-state index contributed by atoms with van der Waals surface area (Å²) in [5.74, 6) is 2.44. The van der Waals surface area contributed by atoms with Gasteiger partial charge in [-0.15, -0.1) is 12.3 Å². The Balaban J connectivity index is 2.04. The molecule has 0 unspecified atom stereocenters. The molecule has 0 fully saturated rings. The maximum atomic E-state index is 11.7. The molecule has 0 atom stereocenters. The summed E-state index contributed by atoms with van der Waals surface area (Å²) in [6.45, 7) is 1.49. The molecule has 0 saturated carbocycles. The minimum atomic E-state index is -0.0510. The third-order valence-corrected chi connectivity index (χ3v) is 2.63. The lowest BCUT2D eigenvalue weighted by Crippen LogP contribution is -2.24. The van der Waals surface area contributed by atoms with Crippen LogP contribution in [-0.4, -0.2) is 19.0 Å². The van der Waals surface area contributed by atoms with Gasteiger partial charge in [0.15, 0.2) is 0 Å². The van der Waals surface area contributed by atoms with Crippen molar-refractivity contribution in [1.82, 2.24) is 5.32 Å². The van der Waals surface area contributed by atoms with Gasteiger partial charge in [-0.3, -0.25) is 4.79 Å². The number of hydrogen-bond acceptors (Lipinski definition) is 2. The Morgan fingerprint density at radius 1 is 1.56 bits per heavy atom. The van der Waals surface area contributed by atoms with Crippen LogP contribution < -0.4 is 10.6 Å². The van der Waals surface area contributed by atoms with Crippen molar-refractivity contribution in [2.75, 3.05) is 18.4 Å². The van der Waals surface area contributed by atoms with Crippen LogP contribution >= 0.6 is 0 Å². The smallest absolute Gasteiger partial charge is 0.251 e. The van der Waals surface area contributed by atoms with Crippen LogP contribution in [0.2, 0.25) is 0 Å². The summed E-state index contributed by atoms with van der Waals surface area (Å²) >= 11 is 0. The summed E-state index contributed by atoms with van der Waals surface area (Å²) in [6, 6.07) is 5.74. The van der Waals surface area contributed by atoms with Crippen molar-refractivity contribution in [3.8, 4) is 12.3 Å². The van der Waals surface area contributed by atoms with Crippen LogP contribution in [0.3, 0.4) is 0 Å². The molecule has 2 N–H and O–H groups in total. The molecule has 1 heterocycles. The molecule has 0 radical (unpaired) electrons. The summed E-state index contributed by atoms with van der Waals surface area (Å²) in [6.07, 6.45) is 6.67. The van der Waals surface area contributed by atoms with Crippen LogP contribution in [-0.2, 0) is 6.42 Å². The number of fused-ring (bicyclic) bond motifs is 1. The number of amides is 1. The standard InChI is InChI=1S/C13H14N2O/c1-2-3-7-15-13(16)11-4-5-12-10(9-11)6-8-14-12/h1,4-5,9,14H,3,6-8H2,(H,15,16). The molecule has 16 heavy (non-hydrogen) atoms. The number of carbonyl (C=O) groups is 1. The molecule has 1 aromatic carbocycles. The SMILES string of the molecule is C#CCCNC(=O)c1ccc2c(c1)CCN2. The molecule has 0 bridgehead atoms. The first-order valence-corrected chi connectivity index (χ1v) is 5.40. The number of nitrogens with one attached hydrogen (secondary N) is 2. The lowest BCUT2D eigenvalue weighted by atomic mass is 10.1. The zero-order valence-corrected chi connectivity index (χ0v) is 9.05. The predicted molar refractivity (Wildman–Crippen MR) is 64.4 cm³/mol. The maximum Gasteiger partial charge on any atom is 0.251 e. The first kappa shape index (κ1) is 10.6. The first-order valence-electron chi connectivity index (χ1n) is 5.40. The van der Waals surface area contributed by atoms with Gasteiger partial charge in [-0.1, -0.05) is 0 Å². The van der Waals surface area contributed by atoms with Gasteiger partial charge in [0.1, 0.15) is 0 Å². The van der Waals surface area contributed by atoms with E-state index in [0.717, 1.165) is 18.7 Å². The van der Waals surface area contributed by atoms with Crippen LogP contribution in [0, 0.1) is 12.3 Å². The van der Waals surface area contributed by atoms with Crippen molar-refractivity contribution in [2.24, 2.45) is 0 Å². The molecule has 1 aromatic rings. The van der Waals surface area contributed by atoms with Crippen molar-refractivity contribution in [2.45, 2.75) is 12.8 Å². The van der Waals surface area contributed by atoms with Crippen LogP contribution in [0.5, 0.6) is 0 Å². The third kappa shape index (κ3) is 2.17. The van der Waals surface area contributed by atoms with Crippen molar-refractivity contribution in [1.29, 1.82) is 0 Å². The monoisotopic (exact) mass is 214 g/mol. The van der Waals surface area contributed by atoms with Crippen molar-refractivity contribution < 1.29 is 4.79 Å². The van der Waals surface area contributed by atoms with Gasteiger partial charge in [-0.25, -0.2) is 0 Å². The number of terminal acetylenes is 1. The average molecular weight is 214 g/mol. The number of rotatable bonds is 3. The van der Waals surface area contributed by atoms with E-state index in [1.54, 1.807) is 0 Å². The molecule has 0 aromatic heterocycles. The van der Waals surface area contributed by atoms with Crippen molar-refractivity contribution in [3.63, 3.8) is 0 Å². The van der Waals surface area contributed by atoms with Gasteiger partial charge in [0.05, 0.1) is 0 Å². The fourth-order valence-corrected chi connectivity index (χ4v) is 1.80. The second kappa shape index (κ2) is 4.71. The molecule has 1 aliphatic rings. The van der Waals surface area contributed by atoms with E-state index >= 15 is 0 Å². The van der Waals surface area contributed by atoms with Gasteiger partial charge in [0.25, 0.3) is 5.91 Å². The van der Waals surface area contributed by atoms with Gasteiger partial charge in [-0.2, -0.15) is 0 Å². The highest BCUT2D eigenvalue weighted by Gasteiger charge is 2.12. The Kier molecular flexibility index (Phi) is 3.11. The van der Waals surface area contributed by atoms with Crippen LogP contribution in [0.15, 0.2) is 18.2 Å². The molecule has 82 valence electrons. The Bertz CT molecular complexity index is 446. The molecule has 0 saturated heterocycles. The van der Waals surface area contributed by atoms with Gasteiger partial charge in [-0.05, 0) is 30.2 Å². The minimum absolute atomic E-state index is 0.0510. The molecule has 3 heteroatoms. The van der Waals surface area contributed by atoms with Crippen molar-refractivity contribution >= 4 is 11.6 Å². The topological polar surface area (TPSA) is 41.1 Å². The highest BCUT2D eigenvalue weighted by atomic mass is 16.1. The van der Waals surface area contributed by atoms with E-state index in [1.807, 2.05) is 18.2 Å². The van der Waals surface area contributed by atoms with E-state index in [2.05, 4.69) is 16.6 Å². The third-order valence-electron chi connectivity index (χ3n) is 2.63. The predicted octanol–water partition coefficient (Wildman–Crippen LogP) is 1.41. The number of hydrogen-bond donors (Lipinski definition) is 2. The highest BCUT2D eigenvalue weighted by molar-refractivity contribution is 5.95. The van der Waals surface area contributed by atoms with Crippen molar-refractivity contribution in [3.05, 3.63) is 29.3 Å². The highest BCUT2D eigenvalue weighted by Crippen LogP contribution is 2.22. The molecule has 2 rings (SSSR count). The zero-order chi connectivity index (χ0) is 11.4. The molecule has 0 spiro atoms.